The number of para-hydroxylation sites is 1. The van der Waals surface area contributed by atoms with E-state index >= 15 is 0 Å². The van der Waals surface area contributed by atoms with Crippen LogP contribution in [0.2, 0.25) is 0 Å². The summed E-state index contributed by atoms with van der Waals surface area (Å²) in [4.78, 5) is 19.2. The lowest BCUT2D eigenvalue weighted by Gasteiger charge is -2.16. The highest BCUT2D eigenvalue weighted by Crippen LogP contribution is 2.30. The monoisotopic (exact) mass is 323 g/mol. The SMILES string of the molecule is CCCNc1c(NC=O)cccc1C(C=Nc1ccncc1)=CN. The van der Waals surface area contributed by atoms with Crippen molar-refractivity contribution < 1.29 is 4.79 Å². The summed E-state index contributed by atoms with van der Waals surface area (Å²) < 4.78 is 0. The van der Waals surface area contributed by atoms with Gasteiger partial charge in [0, 0.05) is 42.5 Å². The number of allylic oxidation sites excluding steroid dienone is 1. The molecule has 2 rings (SSSR count). The van der Waals surface area contributed by atoms with Crippen LogP contribution >= 0.6 is 0 Å². The molecular formula is C18H21N5O. The molecule has 4 N–H and O–H groups in total. The first-order valence-electron chi connectivity index (χ1n) is 7.73. The van der Waals surface area contributed by atoms with Crippen molar-refractivity contribution in [2.45, 2.75) is 13.3 Å². The Morgan fingerprint density at radius 2 is 2.08 bits per heavy atom. The minimum Gasteiger partial charge on any atom is -0.404 e. The van der Waals surface area contributed by atoms with Crippen molar-refractivity contribution in [1.82, 2.24) is 4.98 Å². The van der Waals surface area contributed by atoms with Crippen LogP contribution in [0.1, 0.15) is 18.9 Å². The van der Waals surface area contributed by atoms with Crippen LogP contribution < -0.4 is 16.4 Å². The summed E-state index contributed by atoms with van der Waals surface area (Å²) in [5.41, 5.74) is 9.74. The summed E-state index contributed by atoms with van der Waals surface area (Å²) in [6, 6.07) is 9.26. The lowest BCUT2D eigenvalue weighted by atomic mass is 10.0. The van der Waals surface area contributed by atoms with Crippen LogP contribution in [0.25, 0.3) is 5.57 Å². The molecule has 1 amide bonds. The molecule has 24 heavy (non-hydrogen) atoms. The molecule has 0 saturated carbocycles. The number of nitrogens with two attached hydrogens (primary N) is 1. The summed E-state index contributed by atoms with van der Waals surface area (Å²) in [5.74, 6) is 0. The molecule has 0 aliphatic heterocycles. The molecule has 0 radical (unpaired) electrons. The molecule has 124 valence electrons. The second-order valence-corrected chi connectivity index (χ2v) is 5.00. The number of rotatable bonds is 8. The largest absolute Gasteiger partial charge is 0.404 e. The topological polar surface area (TPSA) is 92.4 Å². The van der Waals surface area contributed by atoms with E-state index in [9.17, 15) is 4.79 Å². The Hall–Kier alpha value is -3.15. The molecule has 1 aromatic heterocycles. The zero-order valence-electron chi connectivity index (χ0n) is 13.6. The first-order chi connectivity index (χ1) is 11.8. The number of nitrogens with one attached hydrogen (secondary N) is 2. The fraction of sp³-hybridized carbons (Fsp3) is 0.167. The molecule has 0 fully saturated rings. The Kier molecular flexibility index (Phi) is 6.52. The number of carbonyl (C=O) groups is 1. The molecule has 6 heteroatoms. The third-order valence-corrected chi connectivity index (χ3v) is 3.34. The van der Waals surface area contributed by atoms with E-state index in [4.69, 9.17) is 5.73 Å². The number of carbonyl (C=O) groups excluding carboxylic acids is 1. The van der Waals surface area contributed by atoms with E-state index in [1.165, 1.54) is 6.20 Å². The Morgan fingerprint density at radius 3 is 2.75 bits per heavy atom. The molecule has 2 aromatic rings. The minimum atomic E-state index is 0.660. The predicted octanol–water partition coefficient (Wildman–Crippen LogP) is 3.17. The smallest absolute Gasteiger partial charge is 0.211 e. The van der Waals surface area contributed by atoms with Gasteiger partial charge in [-0.25, -0.2) is 0 Å². The van der Waals surface area contributed by atoms with Crippen molar-refractivity contribution >= 4 is 35.3 Å². The van der Waals surface area contributed by atoms with Gasteiger partial charge in [-0.15, -0.1) is 0 Å². The summed E-state index contributed by atoms with van der Waals surface area (Å²) in [5, 5.41) is 6.05. The van der Waals surface area contributed by atoms with Gasteiger partial charge in [0.15, 0.2) is 0 Å². The van der Waals surface area contributed by atoms with Crippen molar-refractivity contribution in [3.63, 3.8) is 0 Å². The number of nitrogens with zero attached hydrogens (tertiary/aromatic N) is 2. The maximum Gasteiger partial charge on any atom is 0.211 e. The Balaban J connectivity index is 2.38. The van der Waals surface area contributed by atoms with E-state index in [-0.39, 0.29) is 0 Å². The Labute approximate surface area is 141 Å². The van der Waals surface area contributed by atoms with Gasteiger partial charge < -0.3 is 16.4 Å². The van der Waals surface area contributed by atoms with Gasteiger partial charge in [-0.2, -0.15) is 0 Å². The molecular weight excluding hydrogens is 302 g/mol. The summed E-state index contributed by atoms with van der Waals surface area (Å²) in [6.07, 6.45) is 8.19. The summed E-state index contributed by atoms with van der Waals surface area (Å²) >= 11 is 0. The van der Waals surface area contributed by atoms with Crippen LogP contribution in [0.3, 0.4) is 0 Å². The second-order valence-electron chi connectivity index (χ2n) is 5.00. The van der Waals surface area contributed by atoms with E-state index in [0.29, 0.717) is 12.1 Å². The molecule has 1 heterocycles. The van der Waals surface area contributed by atoms with E-state index in [2.05, 4.69) is 27.5 Å². The fourth-order valence-electron chi connectivity index (χ4n) is 2.19. The van der Waals surface area contributed by atoms with Crippen molar-refractivity contribution in [2.75, 3.05) is 17.2 Å². The van der Waals surface area contributed by atoms with Crippen molar-refractivity contribution in [3.05, 3.63) is 54.5 Å². The number of benzene rings is 1. The van der Waals surface area contributed by atoms with Crippen LogP contribution in [0.15, 0.2) is 53.9 Å². The quantitative estimate of drug-likeness (QED) is 0.514. The van der Waals surface area contributed by atoms with Gasteiger partial charge in [0.05, 0.1) is 17.1 Å². The first kappa shape index (κ1) is 17.2. The second kappa shape index (κ2) is 9.09. The lowest BCUT2D eigenvalue weighted by Crippen LogP contribution is -2.08. The minimum absolute atomic E-state index is 0.660. The average Bonchev–Trinajstić information content (AvgIpc) is 2.62. The molecule has 6 nitrogen and oxygen atoms in total. The van der Waals surface area contributed by atoms with Crippen LogP contribution in [-0.4, -0.2) is 24.2 Å². The van der Waals surface area contributed by atoms with Crippen LogP contribution in [0, 0.1) is 0 Å². The normalized spacial score (nSPS) is 11.5. The lowest BCUT2D eigenvalue weighted by molar-refractivity contribution is -0.105. The Morgan fingerprint density at radius 1 is 1.29 bits per heavy atom. The number of amides is 1. The summed E-state index contributed by atoms with van der Waals surface area (Å²) in [6.45, 7) is 2.86. The van der Waals surface area contributed by atoms with Crippen molar-refractivity contribution in [3.8, 4) is 0 Å². The fourth-order valence-corrected chi connectivity index (χ4v) is 2.19. The molecule has 1 aromatic carbocycles. The van der Waals surface area contributed by atoms with Gasteiger partial charge in [0.25, 0.3) is 0 Å². The van der Waals surface area contributed by atoms with Gasteiger partial charge >= 0.3 is 0 Å². The zero-order chi connectivity index (χ0) is 17.2. The number of hydrogen-bond donors (Lipinski definition) is 3. The number of pyridine rings is 1. The standard InChI is InChI=1S/C18H21N5O/c1-2-8-21-18-16(4-3-5-17(18)23-13-24)14(11-19)12-22-15-6-9-20-10-7-15/h3-7,9-13,21H,2,8,19H2,1H3,(H,23,24). The Bertz CT molecular complexity index is 725. The number of aromatic nitrogens is 1. The summed E-state index contributed by atoms with van der Waals surface area (Å²) in [7, 11) is 0. The van der Waals surface area contributed by atoms with Gasteiger partial charge in [-0.05, 0) is 24.6 Å². The molecule has 0 saturated heterocycles. The molecule has 0 aliphatic carbocycles. The maximum atomic E-state index is 10.9. The molecule has 0 unspecified atom stereocenters. The van der Waals surface area contributed by atoms with E-state index in [1.807, 2.05) is 30.3 Å². The van der Waals surface area contributed by atoms with Crippen LogP contribution in [0.5, 0.6) is 0 Å². The van der Waals surface area contributed by atoms with E-state index in [0.717, 1.165) is 35.5 Å². The predicted molar refractivity (Wildman–Crippen MR) is 99.5 cm³/mol. The first-order valence-corrected chi connectivity index (χ1v) is 7.73. The highest BCUT2D eigenvalue weighted by Gasteiger charge is 2.10. The molecule has 0 spiro atoms. The third kappa shape index (κ3) is 4.42. The number of anilines is 2. The molecule has 0 aliphatic rings. The van der Waals surface area contributed by atoms with Gasteiger partial charge in [-0.3, -0.25) is 14.8 Å². The van der Waals surface area contributed by atoms with E-state index in [1.54, 1.807) is 18.6 Å². The van der Waals surface area contributed by atoms with Crippen molar-refractivity contribution in [2.24, 2.45) is 10.7 Å². The molecule has 0 bridgehead atoms. The van der Waals surface area contributed by atoms with Gasteiger partial charge in [-0.1, -0.05) is 19.1 Å². The van der Waals surface area contributed by atoms with E-state index < -0.39 is 0 Å². The highest BCUT2D eigenvalue weighted by atomic mass is 16.1. The number of hydrogen-bond acceptors (Lipinski definition) is 5. The third-order valence-electron chi connectivity index (χ3n) is 3.34. The number of aliphatic imine (C=N–C) groups is 1. The molecule has 0 atom stereocenters. The average molecular weight is 323 g/mol. The van der Waals surface area contributed by atoms with Crippen LogP contribution in [0.4, 0.5) is 17.1 Å². The zero-order valence-corrected chi connectivity index (χ0v) is 13.6. The van der Waals surface area contributed by atoms with Crippen LogP contribution in [-0.2, 0) is 4.79 Å². The van der Waals surface area contributed by atoms with Gasteiger partial charge in [0.2, 0.25) is 6.41 Å². The van der Waals surface area contributed by atoms with Gasteiger partial charge in [0.1, 0.15) is 0 Å². The maximum absolute atomic E-state index is 10.9. The highest BCUT2D eigenvalue weighted by molar-refractivity contribution is 6.13. The van der Waals surface area contributed by atoms with Crippen molar-refractivity contribution in [1.29, 1.82) is 0 Å².